The molecule has 2 aromatic rings. The van der Waals surface area contributed by atoms with Crippen molar-refractivity contribution in [1.29, 1.82) is 0 Å². The second-order valence-corrected chi connectivity index (χ2v) is 5.12. The highest BCUT2D eigenvalue weighted by Crippen LogP contribution is 2.20. The molecule has 0 radical (unpaired) electrons. The lowest BCUT2D eigenvalue weighted by molar-refractivity contribution is -0.115. The van der Waals surface area contributed by atoms with Crippen molar-refractivity contribution in [2.75, 3.05) is 11.6 Å². The van der Waals surface area contributed by atoms with Crippen LogP contribution in [0.5, 0.6) is 0 Å². The van der Waals surface area contributed by atoms with Crippen LogP contribution < -0.4 is 5.32 Å². The predicted molar refractivity (Wildman–Crippen MR) is 72.7 cm³/mol. The van der Waals surface area contributed by atoms with Gasteiger partial charge in [-0.15, -0.1) is 23.1 Å². The van der Waals surface area contributed by atoms with Gasteiger partial charge in [0.25, 0.3) is 0 Å². The molecule has 0 aliphatic rings. The van der Waals surface area contributed by atoms with Gasteiger partial charge >= 0.3 is 0 Å². The molecule has 0 fully saturated rings. The number of anilines is 1. The third-order valence-electron chi connectivity index (χ3n) is 2.22. The van der Waals surface area contributed by atoms with Gasteiger partial charge in [0, 0.05) is 16.5 Å². The van der Waals surface area contributed by atoms with E-state index >= 15 is 0 Å². The Hall–Kier alpha value is -1.33. The van der Waals surface area contributed by atoms with Crippen LogP contribution in [0.2, 0.25) is 0 Å². The van der Waals surface area contributed by atoms with Crippen molar-refractivity contribution in [3.63, 3.8) is 0 Å². The van der Waals surface area contributed by atoms with E-state index in [1.807, 2.05) is 35.9 Å². The maximum Gasteiger partial charge on any atom is 0.230 e. The minimum absolute atomic E-state index is 0.0264. The average molecular weight is 264 g/mol. The molecule has 3 nitrogen and oxygen atoms in total. The van der Waals surface area contributed by atoms with E-state index in [1.165, 1.54) is 11.3 Å². The van der Waals surface area contributed by atoms with Crippen molar-refractivity contribution in [2.45, 2.75) is 11.3 Å². The van der Waals surface area contributed by atoms with E-state index in [4.69, 9.17) is 0 Å². The third kappa shape index (κ3) is 3.31. The molecule has 17 heavy (non-hydrogen) atoms. The van der Waals surface area contributed by atoms with Crippen LogP contribution in [-0.4, -0.2) is 17.1 Å². The monoisotopic (exact) mass is 264 g/mol. The number of rotatable bonds is 4. The molecule has 1 N–H and O–H groups in total. The molecular weight excluding hydrogens is 252 g/mol. The Kier molecular flexibility index (Phi) is 4.17. The number of hydrogen-bond donors (Lipinski definition) is 1. The SMILES string of the molecule is CSc1ccccc1CC(=O)Nc1nccs1. The summed E-state index contributed by atoms with van der Waals surface area (Å²) in [6, 6.07) is 7.93. The van der Waals surface area contributed by atoms with Crippen LogP contribution in [0.15, 0.2) is 40.7 Å². The minimum atomic E-state index is -0.0264. The molecule has 0 aliphatic carbocycles. The molecule has 0 aliphatic heterocycles. The Bertz CT molecular complexity index is 497. The minimum Gasteiger partial charge on any atom is -0.302 e. The van der Waals surface area contributed by atoms with E-state index in [1.54, 1.807) is 18.0 Å². The first-order valence-corrected chi connectivity index (χ1v) is 7.21. The molecule has 0 bridgehead atoms. The predicted octanol–water partition coefficient (Wildman–Crippen LogP) is 3.05. The van der Waals surface area contributed by atoms with Crippen LogP contribution in [0.3, 0.4) is 0 Å². The van der Waals surface area contributed by atoms with Gasteiger partial charge in [0.05, 0.1) is 6.42 Å². The third-order valence-corrected chi connectivity index (χ3v) is 3.75. The number of nitrogens with zero attached hydrogens (tertiary/aromatic N) is 1. The standard InChI is InChI=1S/C12H12N2OS2/c1-16-10-5-3-2-4-9(10)8-11(15)14-12-13-6-7-17-12/h2-7H,8H2,1H3,(H,13,14,15). The zero-order chi connectivity index (χ0) is 12.1. The quantitative estimate of drug-likeness (QED) is 0.863. The van der Waals surface area contributed by atoms with E-state index in [-0.39, 0.29) is 5.91 Å². The van der Waals surface area contributed by atoms with E-state index in [0.29, 0.717) is 11.6 Å². The zero-order valence-electron chi connectivity index (χ0n) is 9.34. The lowest BCUT2D eigenvalue weighted by Crippen LogP contribution is -2.14. The first kappa shape index (κ1) is 12.1. The Labute approximate surface area is 108 Å². The summed E-state index contributed by atoms with van der Waals surface area (Å²) in [5, 5.41) is 5.27. The second kappa shape index (κ2) is 5.84. The highest BCUT2D eigenvalue weighted by atomic mass is 32.2. The number of carbonyl (C=O) groups is 1. The van der Waals surface area contributed by atoms with Gasteiger partial charge in [0.15, 0.2) is 5.13 Å². The van der Waals surface area contributed by atoms with Gasteiger partial charge in [-0.2, -0.15) is 0 Å². The number of thiazole rings is 1. The fourth-order valence-electron chi connectivity index (χ4n) is 1.47. The topological polar surface area (TPSA) is 42.0 Å². The molecule has 5 heteroatoms. The largest absolute Gasteiger partial charge is 0.302 e. The zero-order valence-corrected chi connectivity index (χ0v) is 11.0. The maximum absolute atomic E-state index is 11.8. The fourth-order valence-corrected chi connectivity index (χ4v) is 2.63. The van der Waals surface area contributed by atoms with Gasteiger partial charge in [-0.1, -0.05) is 18.2 Å². The Morgan fingerprint density at radius 1 is 1.47 bits per heavy atom. The van der Waals surface area contributed by atoms with Gasteiger partial charge in [0.2, 0.25) is 5.91 Å². The number of hydrogen-bond acceptors (Lipinski definition) is 4. The van der Waals surface area contributed by atoms with Gasteiger partial charge in [-0.25, -0.2) is 4.98 Å². The van der Waals surface area contributed by atoms with Crippen LogP contribution in [0, 0.1) is 0 Å². The molecule has 0 spiro atoms. The first-order chi connectivity index (χ1) is 8.29. The highest BCUT2D eigenvalue weighted by molar-refractivity contribution is 7.98. The van der Waals surface area contributed by atoms with Crippen molar-refractivity contribution >= 4 is 34.1 Å². The van der Waals surface area contributed by atoms with Crippen LogP contribution in [0.1, 0.15) is 5.56 Å². The van der Waals surface area contributed by atoms with Gasteiger partial charge in [-0.05, 0) is 17.9 Å². The average Bonchev–Trinajstić information content (AvgIpc) is 2.82. The van der Waals surface area contributed by atoms with Crippen molar-refractivity contribution in [3.05, 3.63) is 41.4 Å². The molecule has 2 rings (SSSR count). The second-order valence-electron chi connectivity index (χ2n) is 3.37. The van der Waals surface area contributed by atoms with Crippen LogP contribution in [0.4, 0.5) is 5.13 Å². The number of carbonyl (C=O) groups excluding carboxylic acids is 1. The fraction of sp³-hybridized carbons (Fsp3) is 0.167. The molecule has 0 unspecified atom stereocenters. The summed E-state index contributed by atoms with van der Waals surface area (Å²) in [6.45, 7) is 0. The van der Waals surface area contributed by atoms with E-state index in [2.05, 4.69) is 10.3 Å². The number of aromatic nitrogens is 1. The normalized spacial score (nSPS) is 10.2. The van der Waals surface area contributed by atoms with Crippen molar-refractivity contribution in [2.24, 2.45) is 0 Å². The van der Waals surface area contributed by atoms with E-state index < -0.39 is 0 Å². The molecule has 1 aromatic heterocycles. The molecular formula is C12H12N2OS2. The maximum atomic E-state index is 11.8. The summed E-state index contributed by atoms with van der Waals surface area (Å²) in [5.74, 6) is -0.0264. The van der Waals surface area contributed by atoms with Crippen LogP contribution >= 0.6 is 23.1 Å². The number of amides is 1. The summed E-state index contributed by atoms with van der Waals surface area (Å²) in [6.07, 6.45) is 4.07. The lowest BCUT2D eigenvalue weighted by atomic mass is 10.1. The summed E-state index contributed by atoms with van der Waals surface area (Å²) in [4.78, 5) is 17.0. The molecule has 1 heterocycles. The Morgan fingerprint density at radius 2 is 2.29 bits per heavy atom. The van der Waals surface area contributed by atoms with Crippen LogP contribution in [0.25, 0.3) is 0 Å². The number of nitrogens with one attached hydrogen (secondary N) is 1. The molecule has 0 saturated heterocycles. The van der Waals surface area contributed by atoms with Gasteiger partial charge in [0.1, 0.15) is 0 Å². The number of benzene rings is 1. The lowest BCUT2D eigenvalue weighted by Gasteiger charge is -2.06. The smallest absolute Gasteiger partial charge is 0.230 e. The summed E-state index contributed by atoms with van der Waals surface area (Å²) < 4.78 is 0. The van der Waals surface area contributed by atoms with Crippen LogP contribution in [-0.2, 0) is 11.2 Å². The summed E-state index contributed by atoms with van der Waals surface area (Å²) in [7, 11) is 0. The summed E-state index contributed by atoms with van der Waals surface area (Å²) in [5.41, 5.74) is 1.05. The molecule has 88 valence electrons. The number of thioether (sulfide) groups is 1. The highest BCUT2D eigenvalue weighted by Gasteiger charge is 2.08. The summed E-state index contributed by atoms with van der Waals surface area (Å²) >= 11 is 3.08. The first-order valence-electron chi connectivity index (χ1n) is 5.11. The Morgan fingerprint density at radius 3 is 3.00 bits per heavy atom. The molecule has 1 amide bonds. The van der Waals surface area contributed by atoms with Crippen molar-refractivity contribution in [1.82, 2.24) is 4.98 Å². The van der Waals surface area contributed by atoms with E-state index in [0.717, 1.165) is 10.5 Å². The van der Waals surface area contributed by atoms with Gasteiger partial charge < -0.3 is 5.32 Å². The molecule has 1 aromatic carbocycles. The van der Waals surface area contributed by atoms with Crippen molar-refractivity contribution in [3.8, 4) is 0 Å². The molecule has 0 atom stereocenters. The van der Waals surface area contributed by atoms with Gasteiger partial charge in [-0.3, -0.25) is 4.79 Å². The molecule has 0 saturated carbocycles. The van der Waals surface area contributed by atoms with E-state index in [9.17, 15) is 4.79 Å². The Balaban J connectivity index is 2.03. The van der Waals surface area contributed by atoms with Crippen molar-refractivity contribution < 1.29 is 4.79 Å².